The Labute approximate surface area is 137 Å². The summed E-state index contributed by atoms with van der Waals surface area (Å²) in [6, 6.07) is 12.8. The average Bonchev–Trinajstić information content (AvgIpc) is 2.63. The van der Waals surface area contributed by atoms with E-state index in [-0.39, 0.29) is 0 Å². The third-order valence-corrected chi connectivity index (χ3v) is 4.30. The number of nitrogens with one attached hydrogen (secondary N) is 1. The summed E-state index contributed by atoms with van der Waals surface area (Å²) in [7, 11) is 0. The summed E-state index contributed by atoms with van der Waals surface area (Å²) in [6.45, 7) is 3.95. The zero-order valence-corrected chi connectivity index (χ0v) is 13.2. The molecular formula is C18H21N5. The molecule has 0 saturated carbocycles. The van der Waals surface area contributed by atoms with Gasteiger partial charge in [-0.1, -0.05) is 30.3 Å². The van der Waals surface area contributed by atoms with Crippen LogP contribution < -0.4 is 5.32 Å². The van der Waals surface area contributed by atoms with E-state index in [1.54, 1.807) is 12.4 Å². The molecule has 0 spiro atoms. The van der Waals surface area contributed by atoms with Crippen LogP contribution in [0.5, 0.6) is 0 Å². The van der Waals surface area contributed by atoms with Gasteiger partial charge < -0.3 is 10.2 Å². The van der Waals surface area contributed by atoms with Crippen LogP contribution >= 0.6 is 0 Å². The van der Waals surface area contributed by atoms with Gasteiger partial charge in [-0.05, 0) is 30.9 Å². The Morgan fingerprint density at radius 2 is 2.04 bits per heavy atom. The Morgan fingerprint density at radius 3 is 2.87 bits per heavy atom. The van der Waals surface area contributed by atoms with Crippen LogP contribution in [-0.4, -0.2) is 41.0 Å². The van der Waals surface area contributed by atoms with E-state index < -0.39 is 0 Å². The van der Waals surface area contributed by atoms with Crippen molar-refractivity contribution in [2.24, 2.45) is 0 Å². The molecule has 1 aromatic carbocycles. The number of hydrogen-bond donors (Lipinski definition) is 1. The van der Waals surface area contributed by atoms with Crippen LogP contribution in [0, 0.1) is 11.3 Å². The lowest BCUT2D eigenvalue weighted by Gasteiger charge is -2.33. The monoisotopic (exact) mass is 307 g/mol. The Hall–Kier alpha value is -2.45. The zero-order chi connectivity index (χ0) is 15.9. The number of rotatable bonds is 5. The summed E-state index contributed by atoms with van der Waals surface area (Å²) in [5.74, 6) is 1.20. The fourth-order valence-corrected chi connectivity index (χ4v) is 3.14. The first-order valence-corrected chi connectivity index (χ1v) is 8.09. The highest BCUT2D eigenvalue weighted by atomic mass is 15.2. The summed E-state index contributed by atoms with van der Waals surface area (Å²) in [4.78, 5) is 10.7. The van der Waals surface area contributed by atoms with Gasteiger partial charge in [-0.25, -0.2) is 9.97 Å². The molecule has 1 aliphatic heterocycles. The molecule has 0 amide bonds. The highest BCUT2D eigenvalue weighted by Crippen LogP contribution is 2.26. The van der Waals surface area contributed by atoms with Crippen LogP contribution in [0.25, 0.3) is 0 Å². The minimum atomic E-state index is 0.355. The van der Waals surface area contributed by atoms with Crippen molar-refractivity contribution >= 4 is 5.82 Å². The second-order valence-electron chi connectivity index (χ2n) is 5.84. The predicted molar refractivity (Wildman–Crippen MR) is 90.1 cm³/mol. The number of benzene rings is 1. The van der Waals surface area contributed by atoms with Crippen molar-refractivity contribution in [3.63, 3.8) is 0 Å². The minimum Gasteiger partial charge on any atom is -0.366 e. The van der Waals surface area contributed by atoms with E-state index in [1.807, 2.05) is 0 Å². The smallest absolute Gasteiger partial charge is 0.182 e. The van der Waals surface area contributed by atoms with Crippen molar-refractivity contribution in [1.29, 1.82) is 5.26 Å². The van der Waals surface area contributed by atoms with E-state index in [0.29, 0.717) is 17.4 Å². The van der Waals surface area contributed by atoms with Crippen molar-refractivity contribution in [3.8, 4) is 6.07 Å². The summed E-state index contributed by atoms with van der Waals surface area (Å²) >= 11 is 0. The zero-order valence-electron chi connectivity index (χ0n) is 13.2. The normalized spacial score (nSPS) is 18.3. The van der Waals surface area contributed by atoms with Gasteiger partial charge in [0.2, 0.25) is 0 Å². The summed E-state index contributed by atoms with van der Waals surface area (Å²) in [5.41, 5.74) is 1.79. The number of likely N-dealkylation sites (tertiary alicyclic amines) is 1. The molecule has 0 radical (unpaired) electrons. The Bertz CT molecular complexity index is 665. The van der Waals surface area contributed by atoms with Crippen LogP contribution in [-0.2, 0) is 0 Å². The van der Waals surface area contributed by atoms with E-state index >= 15 is 0 Å². The van der Waals surface area contributed by atoms with Crippen LogP contribution in [0.1, 0.15) is 30.0 Å². The van der Waals surface area contributed by atoms with Crippen LogP contribution in [0.2, 0.25) is 0 Å². The number of aromatic nitrogens is 2. The molecular weight excluding hydrogens is 286 g/mol. The molecule has 1 N–H and O–H groups in total. The minimum absolute atomic E-state index is 0.355. The van der Waals surface area contributed by atoms with Crippen LogP contribution in [0.3, 0.4) is 0 Å². The van der Waals surface area contributed by atoms with E-state index in [2.05, 4.69) is 56.6 Å². The lowest BCUT2D eigenvalue weighted by molar-refractivity contribution is 0.215. The lowest BCUT2D eigenvalue weighted by Crippen LogP contribution is -2.37. The topological polar surface area (TPSA) is 64.8 Å². The maximum Gasteiger partial charge on any atom is 0.182 e. The fourth-order valence-electron chi connectivity index (χ4n) is 3.14. The maximum atomic E-state index is 9.02. The van der Waals surface area contributed by atoms with Gasteiger partial charge in [0.1, 0.15) is 6.07 Å². The lowest BCUT2D eigenvalue weighted by atomic mass is 9.91. The Balaban J connectivity index is 1.52. The summed E-state index contributed by atoms with van der Waals surface area (Å²) in [5, 5.41) is 12.3. The number of nitrogens with zero attached hydrogens (tertiary/aromatic N) is 4. The van der Waals surface area contributed by atoms with Gasteiger partial charge in [0, 0.05) is 32.0 Å². The molecule has 3 rings (SSSR count). The van der Waals surface area contributed by atoms with Crippen LogP contribution in [0.4, 0.5) is 5.82 Å². The van der Waals surface area contributed by atoms with Gasteiger partial charge in [-0.3, -0.25) is 0 Å². The highest BCUT2D eigenvalue weighted by Gasteiger charge is 2.20. The van der Waals surface area contributed by atoms with Crippen molar-refractivity contribution in [2.75, 3.05) is 31.5 Å². The number of anilines is 1. The van der Waals surface area contributed by atoms with Crippen molar-refractivity contribution < 1.29 is 0 Å². The molecule has 1 saturated heterocycles. The molecule has 118 valence electrons. The molecule has 23 heavy (non-hydrogen) atoms. The summed E-state index contributed by atoms with van der Waals surface area (Å²) < 4.78 is 0. The van der Waals surface area contributed by atoms with E-state index in [4.69, 9.17) is 5.26 Å². The second-order valence-corrected chi connectivity index (χ2v) is 5.84. The van der Waals surface area contributed by atoms with Gasteiger partial charge in [0.15, 0.2) is 11.5 Å². The first kappa shape index (κ1) is 15.4. The fraction of sp³-hybridized carbons (Fsp3) is 0.389. The highest BCUT2D eigenvalue weighted by molar-refractivity contribution is 5.46. The predicted octanol–water partition coefficient (Wildman–Crippen LogP) is 2.64. The van der Waals surface area contributed by atoms with E-state index in [1.165, 1.54) is 18.4 Å². The molecule has 1 unspecified atom stereocenters. The van der Waals surface area contributed by atoms with Gasteiger partial charge in [0.05, 0.1) is 0 Å². The molecule has 2 aromatic rings. The molecule has 5 nitrogen and oxygen atoms in total. The molecule has 1 aliphatic rings. The largest absolute Gasteiger partial charge is 0.366 e. The maximum absolute atomic E-state index is 9.02. The van der Waals surface area contributed by atoms with Crippen molar-refractivity contribution in [1.82, 2.24) is 14.9 Å². The molecule has 2 heterocycles. The third kappa shape index (κ3) is 4.05. The first-order chi connectivity index (χ1) is 11.4. The molecule has 0 aliphatic carbocycles. The molecule has 0 bridgehead atoms. The molecule has 1 fully saturated rings. The van der Waals surface area contributed by atoms with Crippen molar-refractivity contribution in [3.05, 3.63) is 54.0 Å². The van der Waals surface area contributed by atoms with E-state index in [0.717, 1.165) is 26.2 Å². The second kappa shape index (κ2) is 7.70. The Kier molecular flexibility index (Phi) is 5.17. The van der Waals surface area contributed by atoms with Gasteiger partial charge in [-0.2, -0.15) is 5.26 Å². The SMILES string of the molecule is N#Cc1nccnc1NCCN1CCCC(c2ccccc2)C1. The van der Waals surface area contributed by atoms with E-state index in [9.17, 15) is 0 Å². The molecule has 1 atom stereocenters. The Morgan fingerprint density at radius 1 is 1.22 bits per heavy atom. The van der Waals surface area contributed by atoms with Gasteiger partial charge in [-0.15, -0.1) is 0 Å². The molecule has 5 heteroatoms. The first-order valence-electron chi connectivity index (χ1n) is 8.09. The molecule has 1 aromatic heterocycles. The van der Waals surface area contributed by atoms with Crippen molar-refractivity contribution in [2.45, 2.75) is 18.8 Å². The summed E-state index contributed by atoms with van der Waals surface area (Å²) in [6.07, 6.45) is 5.64. The van der Waals surface area contributed by atoms with Gasteiger partial charge in [0.25, 0.3) is 0 Å². The standard InChI is InChI=1S/C18H21N5/c19-13-17-18(21-9-8-20-17)22-10-12-23-11-4-7-16(14-23)15-5-2-1-3-6-15/h1-3,5-6,8-9,16H,4,7,10-12,14H2,(H,21,22). The number of hydrogen-bond acceptors (Lipinski definition) is 5. The van der Waals surface area contributed by atoms with Crippen LogP contribution in [0.15, 0.2) is 42.7 Å². The third-order valence-electron chi connectivity index (χ3n) is 4.30. The quantitative estimate of drug-likeness (QED) is 0.920. The van der Waals surface area contributed by atoms with Gasteiger partial charge >= 0.3 is 0 Å². The average molecular weight is 307 g/mol. The number of piperidine rings is 1. The number of nitriles is 1.